The summed E-state index contributed by atoms with van der Waals surface area (Å²) >= 11 is 0. The second kappa shape index (κ2) is 12.7. The van der Waals surface area contributed by atoms with E-state index in [0.29, 0.717) is 37.7 Å². The van der Waals surface area contributed by atoms with Crippen LogP contribution in [0.3, 0.4) is 0 Å². The van der Waals surface area contributed by atoms with Crippen LogP contribution in [0.1, 0.15) is 101 Å². The second-order valence-electron chi connectivity index (χ2n) is 14.6. The molecule has 0 bridgehead atoms. The summed E-state index contributed by atoms with van der Waals surface area (Å²) in [5.74, 6) is -0.255. The highest BCUT2D eigenvalue weighted by atomic mass is 16.6. The number of rotatable bonds is 9. The van der Waals surface area contributed by atoms with Crippen molar-refractivity contribution in [2.45, 2.75) is 130 Å². The number of aliphatic hydroxyl groups excluding tert-OH is 1. The monoisotopic (exact) mass is 592 g/mol. The average Bonchev–Trinajstić information content (AvgIpc) is 3.44. The largest absolute Gasteiger partial charge is 0.462 e. The van der Waals surface area contributed by atoms with Gasteiger partial charge in [-0.1, -0.05) is 75.8 Å². The molecule has 6 heteroatoms. The molecule has 0 unspecified atom stereocenters. The minimum atomic E-state index is -1.11. The number of ketones is 1. The van der Waals surface area contributed by atoms with Crippen LogP contribution < -0.4 is 0 Å². The summed E-state index contributed by atoms with van der Waals surface area (Å²) in [7, 11) is 0. The number of Topliss-reactive ketones (excluding diaryl/α,β-unsaturated/α-hetero) is 1. The smallest absolute Gasteiger partial charge is 0.302 e. The molecule has 43 heavy (non-hydrogen) atoms. The van der Waals surface area contributed by atoms with Gasteiger partial charge < -0.3 is 19.7 Å². The Labute approximate surface area is 258 Å². The number of allylic oxidation sites excluding steroid dienone is 10. The lowest BCUT2D eigenvalue weighted by Gasteiger charge is -2.44. The summed E-state index contributed by atoms with van der Waals surface area (Å²) in [6, 6.07) is 0. The predicted octanol–water partition coefficient (Wildman–Crippen LogP) is 7.19. The molecule has 1 saturated heterocycles. The molecule has 6 nitrogen and oxygen atoms in total. The third kappa shape index (κ3) is 8.05. The summed E-state index contributed by atoms with van der Waals surface area (Å²) < 4.78 is 11.6. The minimum absolute atomic E-state index is 0.0744. The Balaban J connectivity index is 1.59. The highest BCUT2D eigenvalue weighted by Gasteiger charge is 2.76. The van der Waals surface area contributed by atoms with Gasteiger partial charge in [0.1, 0.15) is 11.7 Å². The van der Waals surface area contributed by atoms with Crippen molar-refractivity contribution in [3.63, 3.8) is 0 Å². The van der Waals surface area contributed by atoms with Crippen molar-refractivity contribution in [3.05, 3.63) is 76.6 Å². The van der Waals surface area contributed by atoms with Gasteiger partial charge in [0, 0.05) is 31.8 Å². The molecule has 3 fully saturated rings. The van der Waals surface area contributed by atoms with Crippen LogP contribution in [0.15, 0.2) is 76.6 Å². The molecule has 2 N–H and O–H groups in total. The number of fused-ring (bicyclic) bond motifs is 1. The van der Waals surface area contributed by atoms with Gasteiger partial charge in [0.2, 0.25) is 0 Å². The Kier molecular flexibility index (Phi) is 10.2. The molecule has 2 aliphatic carbocycles. The van der Waals surface area contributed by atoms with E-state index in [1.165, 1.54) is 6.92 Å². The lowest BCUT2D eigenvalue weighted by molar-refractivity contribution is -0.152. The number of esters is 1. The number of epoxide rings is 1. The van der Waals surface area contributed by atoms with Crippen LogP contribution in [0.25, 0.3) is 0 Å². The quantitative estimate of drug-likeness (QED) is 0.0967. The summed E-state index contributed by atoms with van der Waals surface area (Å²) in [5, 5.41) is 21.4. The van der Waals surface area contributed by atoms with Crippen LogP contribution in [-0.2, 0) is 19.1 Å². The zero-order chi connectivity index (χ0) is 32.4. The van der Waals surface area contributed by atoms with E-state index >= 15 is 0 Å². The van der Waals surface area contributed by atoms with E-state index in [0.717, 1.165) is 16.7 Å². The van der Waals surface area contributed by atoms with Gasteiger partial charge in [0.05, 0.1) is 17.3 Å². The van der Waals surface area contributed by atoms with Gasteiger partial charge in [0.25, 0.3) is 0 Å². The highest BCUT2D eigenvalue weighted by molar-refractivity contribution is 5.96. The molecule has 0 aromatic heterocycles. The first kappa shape index (κ1) is 34.7. The third-order valence-electron chi connectivity index (χ3n) is 9.42. The van der Waals surface area contributed by atoms with E-state index in [2.05, 4.69) is 19.6 Å². The highest BCUT2D eigenvalue weighted by Crippen LogP contribution is 2.67. The lowest BCUT2D eigenvalue weighted by atomic mass is 9.61. The number of ether oxygens (including phenoxy) is 2. The van der Waals surface area contributed by atoms with E-state index in [4.69, 9.17) is 9.47 Å². The van der Waals surface area contributed by atoms with Gasteiger partial charge in [-0.05, 0) is 75.5 Å². The number of hydrogen-bond donors (Lipinski definition) is 2. The van der Waals surface area contributed by atoms with Crippen molar-refractivity contribution in [1.29, 1.82) is 0 Å². The van der Waals surface area contributed by atoms with E-state index in [9.17, 15) is 19.8 Å². The molecular formula is C37H52O6. The van der Waals surface area contributed by atoms with Crippen LogP contribution in [0.2, 0.25) is 0 Å². The average molecular weight is 593 g/mol. The molecule has 0 amide bonds. The first-order chi connectivity index (χ1) is 19.7. The topological polar surface area (TPSA) is 96.4 Å². The van der Waals surface area contributed by atoms with Crippen molar-refractivity contribution in [2.75, 3.05) is 0 Å². The Bertz CT molecular complexity index is 1310. The molecule has 236 valence electrons. The Morgan fingerprint density at radius 2 is 1.53 bits per heavy atom. The minimum Gasteiger partial charge on any atom is -0.462 e. The fraction of sp³-hybridized carbons (Fsp3) is 0.595. The molecule has 0 aromatic rings. The molecule has 5 atom stereocenters. The summed E-state index contributed by atoms with van der Waals surface area (Å²) in [5.41, 5.74) is 4.17. The summed E-state index contributed by atoms with van der Waals surface area (Å²) in [6.07, 6.45) is 17.3. The molecule has 3 rings (SSSR count). The molecule has 1 aliphatic heterocycles. The van der Waals surface area contributed by atoms with Crippen LogP contribution in [-0.4, -0.2) is 51.0 Å². The Hall–Kier alpha value is -2.76. The lowest BCUT2D eigenvalue weighted by Crippen LogP contribution is -2.48. The molecule has 2 saturated carbocycles. The number of aliphatic hydroxyl groups is 2. The van der Waals surface area contributed by atoms with E-state index < -0.39 is 22.9 Å². The molecule has 1 heterocycles. The summed E-state index contributed by atoms with van der Waals surface area (Å²) in [6.45, 7) is 19.3. The SMILES string of the molecule is CC(=O)O[C@H]1CC(C)(C)C(=C=C/C(C)=C/C=C/C=C(C)/C=C/C=C(\C)C(=O)C[C@@]23O[C@]2(C)C[C@@H](O)CC3(C)C)[C@](C)(O)C1. The molecule has 3 aliphatic rings. The zero-order valence-electron chi connectivity index (χ0n) is 27.8. The van der Waals surface area contributed by atoms with Crippen LogP contribution in [0.5, 0.6) is 0 Å². The Morgan fingerprint density at radius 3 is 2.12 bits per heavy atom. The van der Waals surface area contributed by atoms with E-state index in [-0.39, 0.29) is 28.7 Å². The fourth-order valence-corrected chi connectivity index (χ4v) is 7.35. The summed E-state index contributed by atoms with van der Waals surface area (Å²) in [4.78, 5) is 24.5. The van der Waals surface area contributed by atoms with Crippen molar-refractivity contribution < 1.29 is 29.3 Å². The maximum Gasteiger partial charge on any atom is 0.302 e. The molecule has 0 spiro atoms. The molecular weight excluding hydrogens is 540 g/mol. The van der Waals surface area contributed by atoms with Gasteiger partial charge in [0.15, 0.2) is 5.78 Å². The normalized spacial score (nSPS) is 34.1. The maximum atomic E-state index is 13.1. The predicted molar refractivity (Wildman–Crippen MR) is 171 cm³/mol. The van der Waals surface area contributed by atoms with Crippen LogP contribution in [0.4, 0.5) is 0 Å². The van der Waals surface area contributed by atoms with Gasteiger partial charge in [-0.3, -0.25) is 9.59 Å². The van der Waals surface area contributed by atoms with Crippen LogP contribution in [0, 0.1) is 10.8 Å². The van der Waals surface area contributed by atoms with Crippen molar-refractivity contribution in [2.24, 2.45) is 10.8 Å². The standard InChI is InChI=1S/C37H52O6/c1-25(16-13-17-27(3)31(40)24-37-34(7,8)20-29(39)21-36(37,10)43-37)14-11-12-15-26(2)18-19-32-33(5,6)22-30(42-28(4)38)23-35(32,9)41/h11-18,29-30,39,41H,20-24H2,1-10H3/b12-11+,16-13+,25-14+,26-15+,27-17+/t19?,29-,30-,35+,36+,37-/m0/s1. The maximum absolute atomic E-state index is 13.1. The number of carbonyl (C=O) groups excluding carboxylic acids is 2. The fourth-order valence-electron chi connectivity index (χ4n) is 7.35. The van der Waals surface area contributed by atoms with Crippen LogP contribution >= 0.6 is 0 Å². The molecule has 0 aromatic carbocycles. The van der Waals surface area contributed by atoms with Crippen molar-refractivity contribution >= 4 is 11.8 Å². The third-order valence-corrected chi connectivity index (χ3v) is 9.42. The number of hydrogen-bond acceptors (Lipinski definition) is 6. The van der Waals surface area contributed by atoms with Crippen molar-refractivity contribution in [1.82, 2.24) is 0 Å². The zero-order valence-corrected chi connectivity index (χ0v) is 27.8. The first-order valence-corrected chi connectivity index (χ1v) is 15.4. The van der Waals surface area contributed by atoms with Crippen molar-refractivity contribution in [3.8, 4) is 0 Å². The first-order valence-electron chi connectivity index (χ1n) is 15.4. The Morgan fingerprint density at radius 1 is 0.907 bits per heavy atom. The van der Waals surface area contributed by atoms with Gasteiger partial charge in [-0.25, -0.2) is 0 Å². The van der Waals surface area contributed by atoms with Gasteiger partial charge >= 0.3 is 5.97 Å². The van der Waals surface area contributed by atoms with E-state index in [1.54, 1.807) is 6.92 Å². The van der Waals surface area contributed by atoms with Gasteiger partial charge in [-0.2, -0.15) is 0 Å². The number of carbonyl (C=O) groups is 2. The molecule has 0 radical (unpaired) electrons. The second-order valence-corrected chi connectivity index (χ2v) is 14.6. The van der Waals surface area contributed by atoms with Gasteiger partial charge in [-0.15, -0.1) is 5.73 Å². The van der Waals surface area contributed by atoms with E-state index in [1.807, 2.05) is 90.2 Å².